The number of aromatic hydroxyl groups is 1. The van der Waals surface area contributed by atoms with Crippen molar-refractivity contribution in [3.63, 3.8) is 0 Å². The lowest BCUT2D eigenvalue weighted by molar-refractivity contribution is 0.475. The van der Waals surface area contributed by atoms with E-state index in [1.54, 1.807) is 25.1 Å². The molecule has 0 saturated carbocycles. The summed E-state index contributed by atoms with van der Waals surface area (Å²) in [6.07, 6.45) is 0. The molecule has 0 aromatic heterocycles. The molecule has 0 fully saturated rings. The van der Waals surface area contributed by atoms with Crippen LogP contribution in [0.1, 0.15) is 12.5 Å². The van der Waals surface area contributed by atoms with Gasteiger partial charge in [0.1, 0.15) is 5.75 Å². The highest BCUT2D eigenvalue weighted by Crippen LogP contribution is 2.26. The van der Waals surface area contributed by atoms with Crippen LogP contribution in [0.15, 0.2) is 53.4 Å². The fraction of sp³-hybridized carbons (Fsp3) is 0.133. The minimum Gasteiger partial charge on any atom is -0.508 e. The maximum absolute atomic E-state index is 12.7. The van der Waals surface area contributed by atoms with Gasteiger partial charge in [0.2, 0.25) is 0 Å². The molecule has 0 aliphatic carbocycles. The van der Waals surface area contributed by atoms with Crippen molar-refractivity contribution in [3.8, 4) is 11.8 Å². The van der Waals surface area contributed by atoms with E-state index in [1.165, 1.54) is 34.6 Å². The molecule has 6 heteroatoms. The van der Waals surface area contributed by atoms with Crippen molar-refractivity contribution in [2.24, 2.45) is 0 Å². The molecule has 0 unspecified atom stereocenters. The largest absolute Gasteiger partial charge is 0.508 e. The van der Waals surface area contributed by atoms with Crippen molar-refractivity contribution in [3.05, 3.63) is 54.1 Å². The van der Waals surface area contributed by atoms with Gasteiger partial charge in [-0.3, -0.25) is 4.31 Å². The summed E-state index contributed by atoms with van der Waals surface area (Å²) in [4.78, 5) is 0.0479. The third-order valence-corrected chi connectivity index (χ3v) is 4.86. The van der Waals surface area contributed by atoms with E-state index in [9.17, 15) is 13.5 Å². The fourth-order valence-corrected chi connectivity index (χ4v) is 3.50. The van der Waals surface area contributed by atoms with Gasteiger partial charge in [0.15, 0.2) is 0 Å². The Morgan fingerprint density at radius 3 is 2.52 bits per heavy atom. The van der Waals surface area contributed by atoms with Gasteiger partial charge in [-0.15, -0.1) is 0 Å². The van der Waals surface area contributed by atoms with Crippen LogP contribution in [0.3, 0.4) is 0 Å². The van der Waals surface area contributed by atoms with Crippen LogP contribution in [0.25, 0.3) is 0 Å². The predicted octanol–water partition coefficient (Wildman–Crippen LogP) is 2.48. The van der Waals surface area contributed by atoms with E-state index in [0.717, 1.165) is 0 Å². The van der Waals surface area contributed by atoms with E-state index in [-0.39, 0.29) is 22.8 Å². The molecular formula is C15H14N2O3S. The Morgan fingerprint density at radius 1 is 1.19 bits per heavy atom. The SMILES string of the molecule is CCN(c1cccc(O)c1)S(=O)(=O)c1cccc(C#N)c1. The average Bonchev–Trinajstić information content (AvgIpc) is 2.48. The number of rotatable bonds is 4. The third kappa shape index (κ3) is 2.98. The van der Waals surface area contributed by atoms with Gasteiger partial charge in [-0.05, 0) is 37.3 Å². The van der Waals surface area contributed by atoms with Gasteiger partial charge in [0.25, 0.3) is 10.0 Å². The summed E-state index contributed by atoms with van der Waals surface area (Å²) in [6, 6.07) is 13.8. The third-order valence-electron chi connectivity index (χ3n) is 2.96. The Kier molecular flexibility index (Phi) is 4.15. The maximum atomic E-state index is 12.7. The first-order valence-electron chi connectivity index (χ1n) is 6.31. The van der Waals surface area contributed by atoms with Gasteiger partial charge in [0.05, 0.1) is 22.2 Å². The Balaban J connectivity index is 2.52. The summed E-state index contributed by atoms with van der Waals surface area (Å²) in [5.41, 5.74) is 0.655. The van der Waals surface area contributed by atoms with Gasteiger partial charge < -0.3 is 5.11 Å². The zero-order valence-corrected chi connectivity index (χ0v) is 12.2. The van der Waals surface area contributed by atoms with Crippen molar-refractivity contribution in [2.75, 3.05) is 10.8 Å². The number of benzene rings is 2. The minimum absolute atomic E-state index is 0.00748. The number of phenols is 1. The Bertz CT molecular complexity index is 795. The first kappa shape index (κ1) is 14.9. The highest BCUT2D eigenvalue weighted by Gasteiger charge is 2.24. The molecule has 0 spiro atoms. The standard InChI is InChI=1S/C15H14N2O3S/c1-2-17(13-6-4-7-14(18)10-13)21(19,20)15-8-3-5-12(9-15)11-16/h3-10,18H,2H2,1H3. The van der Waals surface area contributed by atoms with E-state index >= 15 is 0 Å². The number of anilines is 1. The van der Waals surface area contributed by atoms with Gasteiger partial charge in [-0.25, -0.2) is 8.42 Å². The zero-order chi connectivity index (χ0) is 15.5. The summed E-state index contributed by atoms with van der Waals surface area (Å²) >= 11 is 0. The van der Waals surface area contributed by atoms with Crippen LogP contribution in [0.5, 0.6) is 5.75 Å². The fourth-order valence-electron chi connectivity index (χ4n) is 1.99. The number of phenolic OH excluding ortho intramolecular Hbond substituents is 1. The molecule has 0 saturated heterocycles. The number of sulfonamides is 1. The minimum atomic E-state index is -3.78. The van der Waals surface area contributed by atoms with E-state index in [1.807, 2.05) is 6.07 Å². The molecule has 0 atom stereocenters. The quantitative estimate of drug-likeness (QED) is 0.940. The normalized spacial score (nSPS) is 10.9. The van der Waals surface area contributed by atoms with Gasteiger partial charge in [0, 0.05) is 12.6 Å². The van der Waals surface area contributed by atoms with E-state index in [4.69, 9.17) is 5.26 Å². The Labute approximate surface area is 123 Å². The lowest BCUT2D eigenvalue weighted by atomic mass is 10.2. The van der Waals surface area contributed by atoms with Crippen molar-refractivity contribution in [1.29, 1.82) is 5.26 Å². The van der Waals surface area contributed by atoms with Gasteiger partial charge in [-0.2, -0.15) is 5.26 Å². The van der Waals surface area contributed by atoms with Crippen LogP contribution >= 0.6 is 0 Å². The molecule has 0 amide bonds. The monoisotopic (exact) mass is 302 g/mol. The summed E-state index contributed by atoms with van der Waals surface area (Å²) < 4.78 is 26.5. The highest BCUT2D eigenvalue weighted by atomic mass is 32.2. The maximum Gasteiger partial charge on any atom is 0.264 e. The summed E-state index contributed by atoms with van der Waals surface area (Å²) in [7, 11) is -3.78. The molecule has 108 valence electrons. The van der Waals surface area contributed by atoms with Crippen molar-refractivity contribution >= 4 is 15.7 Å². The van der Waals surface area contributed by atoms with Crippen molar-refractivity contribution in [2.45, 2.75) is 11.8 Å². The van der Waals surface area contributed by atoms with Gasteiger partial charge >= 0.3 is 0 Å². The first-order valence-corrected chi connectivity index (χ1v) is 7.75. The van der Waals surface area contributed by atoms with Crippen LogP contribution in [-0.2, 0) is 10.0 Å². The van der Waals surface area contributed by atoms with Gasteiger partial charge in [-0.1, -0.05) is 12.1 Å². The topological polar surface area (TPSA) is 81.4 Å². The Morgan fingerprint density at radius 2 is 1.90 bits per heavy atom. The van der Waals surface area contributed by atoms with Crippen LogP contribution in [0, 0.1) is 11.3 Å². The molecule has 0 aliphatic rings. The number of nitrogens with zero attached hydrogens (tertiary/aromatic N) is 2. The molecule has 1 N–H and O–H groups in total. The summed E-state index contributed by atoms with van der Waals surface area (Å²) in [5, 5.41) is 18.4. The second kappa shape index (κ2) is 5.85. The second-order valence-corrected chi connectivity index (χ2v) is 6.19. The van der Waals surface area contributed by atoms with E-state index < -0.39 is 10.0 Å². The molecule has 0 radical (unpaired) electrons. The van der Waals surface area contributed by atoms with E-state index in [0.29, 0.717) is 5.69 Å². The molecule has 2 aromatic carbocycles. The summed E-state index contributed by atoms with van der Waals surface area (Å²) in [6.45, 7) is 1.91. The van der Waals surface area contributed by atoms with Crippen LogP contribution in [0.2, 0.25) is 0 Å². The molecule has 0 aliphatic heterocycles. The Hall–Kier alpha value is -2.52. The average molecular weight is 302 g/mol. The molecule has 21 heavy (non-hydrogen) atoms. The predicted molar refractivity (Wildman–Crippen MR) is 79.5 cm³/mol. The number of hydrogen-bond acceptors (Lipinski definition) is 4. The molecule has 2 rings (SSSR count). The number of nitriles is 1. The highest BCUT2D eigenvalue weighted by molar-refractivity contribution is 7.92. The second-order valence-electron chi connectivity index (χ2n) is 4.33. The lowest BCUT2D eigenvalue weighted by Crippen LogP contribution is -2.30. The molecule has 2 aromatic rings. The first-order chi connectivity index (χ1) is 9.98. The molecule has 0 bridgehead atoms. The van der Waals surface area contributed by atoms with Crippen LogP contribution in [0.4, 0.5) is 5.69 Å². The molecule has 5 nitrogen and oxygen atoms in total. The lowest BCUT2D eigenvalue weighted by Gasteiger charge is -2.23. The molecule has 0 heterocycles. The smallest absolute Gasteiger partial charge is 0.264 e. The van der Waals surface area contributed by atoms with Crippen molar-refractivity contribution in [1.82, 2.24) is 0 Å². The summed E-state index contributed by atoms with van der Waals surface area (Å²) in [5.74, 6) is -0.00748. The van der Waals surface area contributed by atoms with E-state index in [2.05, 4.69) is 0 Å². The van der Waals surface area contributed by atoms with Crippen LogP contribution < -0.4 is 4.31 Å². The van der Waals surface area contributed by atoms with Crippen LogP contribution in [-0.4, -0.2) is 20.1 Å². The number of hydrogen-bond donors (Lipinski definition) is 1. The zero-order valence-electron chi connectivity index (χ0n) is 11.4. The van der Waals surface area contributed by atoms with Crippen molar-refractivity contribution < 1.29 is 13.5 Å². The molecular weight excluding hydrogens is 288 g/mol.